The fourth-order valence-corrected chi connectivity index (χ4v) is 3.38. The van der Waals surface area contributed by atoms with Gasteiger partial charge >= 0.3 is 0 Å². The van der Waals surface area contributed by atoms with E-state index >= 15 is 0 Å². The minimum absolute atomic E-state index is 0.0106. The van der Waals surface area contributed by atoms with Gasteiger partial charge in [0.15, 0.2) is 0 Å². The standard InChI is InChI=1S/C19H17F5N4O2/c1-30-10-7-11(15(16(26)29)27-8-10)9-2-3-13(20)12(6-9)19(17(21)22)18(23,24)5-4-14(25)28-19/h2-3,6-8,17H,4-5H2,1H3,(H2,25,28)(H2,26,29). The number of hydrogen-bond donors (Lipinski definition) is 2. The largest absolute Gasteiger partial charge is 0.495 e. The molecule has 3 rings (SSSR count). The van der Waals surface area contributed by atoms with Crippen molar-refractivity contribution in [2.45, 2.75) is 30.7 Å². The number of methoxy groups -OCH3 is 1. The van der Waals surface area contributed by atoms with Gasteiger partial charge in [-0.25, -0.2) is 31.9 Å². The minimum Gasteiger partial charge on any atom is -0.495 e. The molecule has 1 aliphatic heterocycles. The highest BCUT2D eigenvalue weighted by Gasteiger charge is 2.63. The number of amides is 1. The lowest BCUT2D eigenvalue weighted by atomic mass is 9.78. The molecule has 0 radical (unpaired) electrons. The molecular weight excluding hydrogens is 411 g/mol. The first-order chi connectivity index (χ1) is 14.0. The average Bonchev–Trinajstić information content (AvgIpc) is 2.69. The van der Waals surface area contributed by atoms with Gasteiger partial charge in [-0.2, -0.15) is 0 Å². The van der Waals surface area contributed by atoms with Crippen LogP contribution in [0.3, 0.4) is 0 Å². The Morgan fingerprint density at radius 3 is 2.57 bits per heavy atom. The Morgan fingerprint density at radius 1 is 1.27 bits per heavy atom. The molecular formula is C19H17F5N4O2. The van der Waals surface area contributed by atoms with Gasteiger partial charge in [-0.1, -0.05) is 6.07 Å². The van der Waals surface area contributed by atoms with E-state index in [0.717, 1.165) is 18.2 Å². The number of primary amides is 1. The molecule has 0 aliphatic carbocycles. The van der Waals surface area contributed by atoms with Crippen LogP contribution >= 0.6 is 0 Å². The second kappa shape index (κ2) is 7.54. The number of pyridine rings is 1. The molecule has 2 heterocycles. The van der Waals surface area contributed by atoms with Crippen LogP contribution in [0.25, 0.3) is 11.1 Å². The van der Waals surface area contributed by atoms with Crippen LogP contribution in [0, 0.1) is 5.82 Å². The summed E-state index contributed by atoms with van der Waals surface area (Å²) in [7, 11) is 1.31. The van der Waals surface area contributed by atoms with E-state index in [2.05, 4.69) is 9.98 Å². The van der Waals surface area contributed by atoms with E-state index in [1.54, 1.807) is 0 Å². The van der Waals surface area contributed by atoms with E-state index in [1.807, 2.05) is 0 Å². The zero-order valence-corrected chi connectivity index (χ0v) is 15.6. The lowest BCUT2D eigenvalue weighted by Gasteiger charge is -2.40. The number of aromatic nitrogens is 1. The topological polar surface area (TPSA) is 104 Å². The third-order valence-electron chi connectivity index (χ3n) is 4.91. The van der Waals surface area contributed by atoms with Gasteiger partial charge in [-0.15, -0.1) is 0 Å². The quantitative estimate of drug-likeness (QED) is 0.714. The van der Waals surface area contributed by atoms with Crippen molar-refractivity contribution in [2.75, 3.05) is 7.11 Å². The maximum atomic E-state index is 14.8. The Balaban J connectivity index is 2.32. The van der Waals surface area contributed by atoms with E-state index in [1.165, 1.54) is 19.4 Å². The first-order valence-corrected chi connectivity index (χ1v) is 8.68. The molecule has 160 valence electrons. The highest BCUT2D eigenvalue weighted by Crippen LogP contribution is 2.51. The zero-order chi connectivity index (χ0) is 22.3. The summed E-state index contributed by atoms with van der Waals surface area (Å²) in [5, 5.41) is 0. The number of benzene rings is 1. The molecule has 0 spiro atoms. The Kier molecular flexibility index (Phi) is 5.40. The van der Waals surface area contributed by atoms with Gasteiger partial charge in [-0.3, -0.25) is 4.79 Å². The number of amidine groups is 1. The third kappa shape index (κ3) is 3.33. The van der Waals surface area contributed by atoms with Crippen molar-refractivity contribution in [1.82, 2.24) is 4.98 Å². The van der Waals surface area contributed by atoms with Gasteiger partial charge in [0, 0.05) is 24.0 Å². The lowest BCUT2D eigenvalue weighted by Crippen LogP contribution is -2.54. The number of hydrogen-bond acceptors (Lipinski definition) is 5. The van der Waals surface area contributed by atoms with Crippen LogP contribution in [0.4, 0.5) is 22.0 Å². The predicted octanol–water partition coefficient (Wildman–Crippen LogP) is 3.24. The van der Waals surface area contributed by atoms with Gasteiger partial charge in [0.2, 0.25) is 5.54 Å². The molecule has 0 bridgehead atoms. The fraction of sp³-hybridized carbons (Fsp3) is 0.316. The summed E-state index contributed by atoms with van der Waals surface area (Å²) in [5.74, 6) is -6.63. The first-order valence-electron chi connectivity index (χ1n) is 8.68. The second-order valence-electron chi connectivity index (χ2n) is 6.70. The Hall–Kier alpha value is -3.24. The number of halogens is 5. The molecule has 0 fully saturated rings. The molecule has 1 aromatic heterocycles. The van der Waals surface area contributed by atoms with Crippen LogP contribution in [0.1, 0.15) is 28.9 Å². The predicted molar refractivity (Wildman–Crippen MR) is 98.2 cm³/mol. The monoisotopic (exact) mass is 428 g/mol. The summed E-state index contributed by atoms with van der Waals surface area (Å²) in [6.45, 7) is 0. The number of carbonyl (C=O) groups is 1. The molecule has 0 saturated heterocycles. The van der Waals surface area contributed by atoms with Crippen molar-refractivity contribution in [3.05, 3.63) is 47.5 Å². The Bertz CT molecular complexity index is 1030. The number of nitrogens with two attached hydrogens (primary N) is 2. The van der Waals surface area contributed by atoms with Crippen LogP contribution in [0.15, 0.2) is 35.5 Å². The molecule has 1 amide bonds. The molecule has 4 N–H and O–H groups in total. The van der Waals surface area contributed by atoms with Crippen molar-refractivity contribution >= 4 is 11.7 Å². The van der Waals surface area contributed by atoms with Crippen molar-refractivity contribution in [3.63, 3.8) is 0 Å². The van der Waals surface area contributed by atoms with Crippen LogP contribution in [0.5, 0.6) is 5.75 Å². The van der Waals surface area contributed by atoms with Gasteiger partial charge in [-0.05, 0) is 23.8 Å². The van der Waals surface area contributed by atoms with Crippen molar-refractivity contribution in [2.24, 2.45) is 16.5 Å². The third-order valence-corrected chi connectivity index (χ3v) is 4.91. The maximum Gasteiger partial charge on any atom is 0.283 e. The van der Waals surface area contributed by atoms with Gasteiger partial charge < -0.3 is 16.2 Å². The van der Waals surface area contributed by atoms with E-state index in [-0.39, 0.29) is 22.6 Å². The van der Waals surface area contributed by atoms with E-state index < -0.39 is 53.9 Å². The first kappa shape index (κ1) is 21.5. The number of alkyl halides is 4. The van der Waals surface area contributed by atoms with Crippen molar-refractivity contribution in [3.8, 4) is 16.9 Å². The van der Waals surface area contributed by atoms with E-state index in [0.29, 0.717) is 0 Å². The lowest BCUT2D eigenvalue weighted by molar-refractivity contribution is -0.145. The van der Waals surface area contributed by atoms with Gasteiger partial charge in [0.1, 0.15) is 17.3 Å². The molecule has 30 heavy (non-hydrogen) atoms. The van der Waals surface area contributed by atoms with Gasteiger partial charge in [0.25, 0.3) is 18.3 Å². The zero-order valence-electron chi connectivity index (χ0n) is 15.6. The summed E-state index contributed by atoms with van der Waals surface area (Å²) in [4.78, 5) is 18.9. The normalized spacial score (nSPS) is 20.7. The van der Waals surface area contributed by atoms with Crippen molar-refractivity contribution in [1.29, 1.82) is 0 Å². The molecule has 1 aromatic carbocycles. The molecule has 6 nitrogen and oxygen atoms in total. The summed E-state index contributed by atoms with van der Waals surface area (Å²) in [5.41, 5.74) is 5.86. The maximum absolute atomic E-state index is 14.8. The summed E-state index contributed by atoms with van der Waals surface area (Å²) in [6, 6.07) is 3.93. The van der Waals surface area contributed by atoms with E-state index in [4.69, 9.17) is 16.2 Å². The summed E-state index contributed by atoms with van der Waals surface area (Å²) in [6.07, 6.45) is -4.01. The number of nitrogens with zero attached hydrogens (tertiary/aromatic N) is 2. The number of aliphatic imine (C=N–C) groups is 1. The second-order valence-corrected chi connectivity index (χ2v) is 6.70. The highest BCUT2D eigenvalue weighted by atomic mass is 19.3. The fourth-order valence-electron chi connectivity index (χ4n) is 3.38. The van der Waals surface area contributed by atoms with Crippen LogP contribution < -0.4 is 16.2 Å². The Labute approximate surface area is 167 Å². The Morgan fingerprint density at radius 2 is 1.97 bits per heavy atom. The van der Waals surface area contributed by atoms with Crippen LogP contribution in [0.2, 0.25) is 0 Å². The molecule has 1 unspecified atom stereocenters. The van der Waals surface area contributed by atoms with E-state index in [9.17, 15) is 26.7 Å². The van der Waals surface area contributed by atoms with Gasteiger partial charge in [0.05, 0.1) is 19.1 Å². The number of carbonyl (C=O) groups excluding carboxylic acids is 1. The molecule has 1 atom stereocenters. The van der Waals surface area contributed by atoms with Crippen molar-refractivity contribution < 1.29 is 31.5 Å². The average molecular weight is 428 g/mol. The molecule has 0 saturated carbocycles. The van der Waals surface area contributed by atoms with Crippen LogP contribution in [-0.2, 0) is 5.54 Å². The minimum atomic E-state index is -4.08. The summed E-state index contributed by atoms with van der Waals surface area (Å²) < 4.78 is 77.3. The molecule has 11 heteroatoms. The molecule has 2 aromatic rings. The number of ether oxygens (including phenoxy) is 1. The highest BCUT2D eigenvalue weighted by molar-refractivity contribution is 5.98. The SMILES string of the molecule is COc1cnc(C(N)=O)c(-c2ccc(F)c(C3(C(F)F)N=C(N)CCC3(F)F)c2)c1. The smallest absolute Gasteiger partial charge is 0.283 e. The van der Waals surface area contributed by atoms with Crippen LogP contribution in [-0.4, -0.2) is 36.2 Å². The summed E-state index contributed by atoms with van der Waals surface area (Å²) >= 11 is 0. The molecule has 1 aliphatic rings. The number of rotatable bonds is 5.